The van der Waals surface area contributed by atoms with Crippen molar-refractivity contribution in [2.24, 2.45) is 0 Å². The van der Waals surface area contributed by atoms with Crippen LogP contribution in [0.3, 0.4) is 0 Å². The van der Waals surface area contributed by atoms with Gasteiger partial charge in [0.05, 0.1) is 6.54 Å². The summed E-state index contributed by atoms with van der Waals surface area (Å²) in [6.45, 7) is 3.93. The Morgan fingerprint density at radius 2 is 2.20 bits per heavy atom. The van der Waals surface area contributed by atoms with Gasteiger partial charge in [0, 0.05) is 6.54 Å². The minimum Gasteiger partial charge on any atom is -0.492 e. The number of amides is 1. The predicted molar refractivity (Wildman–Crippen MR) is 79.9 cm³/mol. The van der Waals surface area contributed by atoms with E-state index in [1.54, 1.807) is 0 Å². The molecular weight excluding hydrogens is 252 g/mol. The molecule has 0 spiro atoms. The topological polar surface area (TPSA) is 50.4 Å². The van der Waals surface area contributed by atoms with E-state index in [1.165, 1.54) is 5.56 Å². The lowest BCUT2D eigenvalue weighted by atomic mass is 10.1. The molecule has 108 valence electrons. The van der Waals surface area contributed by atoms with Crippen molar-refractivity contribution in [1.29, 1.82) is 0 Å². The molecule has 1 amide bonds. The second kappa shape index (κ2) is 7.70. The molecule has 1 atom stereocenters. The number of hydrogen-bond acceptors (Lipinski definition) is 3. The van der Waals surface area contributed by atoms with Crippen LogP contribution in [0, 0.1) is 0 Å². The maximum atomic E-state index is 11.7. The van der Waals surface area contributed by atoms with Gasteiger partial charge >= 0.3 is 0 Å². The Hall–Kier alpha value is -1.81. The molecule has 1 aliphatic heterocycles. The van der Waals surface area contributed by atoms with Gasteiger partial charge in [-0.25, -0.2) is 0 Å². The summed E-state index contributed by atoms with van der Waals surface area (Å²) in [5, 5.41) is 5.92. The van der Waals surface area contributed by atoms with Crippen molar-refractivity contribution >= 4 is 5.91 Å². The molecule has 20 heavy (non-hydrogen) atoms. The summed E-state index contributed by atoms with van der Waals surface area (Å²) in [6, 6.07) is 7.95. The van der Waals surface area contributed by atoms with Crippen molar-refractivity contribution in [3.8, 4) is 5.75 Å². The predicted octanol–water partition coefficient (Wildman–Crippen LogP) is 1.66. The van der Waals surface area contributed by atoms with Crippen LogP contribution in [-0.4, -0.2) is 31.6 Å². The quantitative estimate of drug-likeness (QED) is 0.587. The highest BCUT2D eigenvalue weighted by Crippen LogP contribution is 2.13. The highest BCUT2D eigenvalue weighted by atomic mass is 16.5. The molecule has 0 radical (unpaired) electrons. The number of benzene rings is 1. The zero-order valence-electron chi connectivity index (χ0n) is 11.9. The van der Waals surface area contributed by atoms with Crippen LogP contribution >= 0.6 is 0 Å². The monoisotopic (exact) mass is 274 g/mol. The third-order valence-electron chi connectivity index (χ3n) is 3.20. The molecule has 1 heterocycles. The van der Waals surface area contributed by atoms with Crippen molar-refractivity contribution in [2.45, 2.75) is 25.8 Å². The molecule has 1 aromatic rings. The first-order chi connectivity index (χ1) is 9.79. The molecule has 0 bridgehead atoms. The van der Waals surface area contributed by atoms with Crippen LogP contribution in [-0.2, 0) is 11.2 Å². The van der Waals surface area contributed by atoms with Crippen LogP contribution in [0.1, 0.15) is 18.9 Å². The van der Waals surface area contributed by atoms with E-state index < -0.39 is 0 Å². The molecule has 1 aliphatic rings. The fourth-order valence-corrected chi connectivity index (χ4v) is 2.14. The van der Waals surface area contributed by atoms with E-state index in [4.69, 9.17) is 4.74 Å². The van der Waals surface area contributed by atoms with Crippen LogP contribution < -0.4 is 15.4 Å². The number of carbonyl (C=O) groups is 1. The Labute approximate surface area is 120 Å². The Bertz CT molecular complexity index is 454. The maximum absolute atomic E-state index is 11.7. The first kappa shape index (κ1) is 14.6. The van der Waals surface area contributed by atoms with E-state index in [9.17, 15) is 4.79 Å². The fourth-order valence-electron chi connectivity index (χ4n) is 2.14. The molecule has 1 unspecified atom stereocenters. The van der Waals surface area contributed by atoms with E-state index in [0.717, 1.165) is 25.1 Å². The SMILES string of the molecule is CCCc1ccc(OCCNC(=O)C2C=CCN2)cc1. The molecule has 2 rings (SSSR count). The highest BCUT2D eigenvalue weighted by molar-refractivity contribution is 5.84. The normalized spacial score (nSPS) is 17.1. The zero-order chi connectivity index (χ0) is 14.2. The maximum Gasteiger partial charge on any atom is 0.241 e. The zero-order valence-corrected chi connectivity index (χ0v) is 11.9. The fraction of sp³-hybridized carbons (Fsp3) is 0.438. The van der Waals surface area contributed by atoms with E-state index in [-0.39, 0.29) is 11.9 Å². The Morgan fingerprint density at radius 1 is 1.40 bits per heavy atom. The van der Waals surface area contributed by atoms with E-state index >= 15 is 0 Å². The lowest BCUT2D eigenvalue weighted by molar-refractivity contribution is -0.121. The average Bonchev–Trinajstić information content (AvgIpc) is 3.00. The molecule has 0 fully saturated rings. The van der Waals surface area contributed by atoms with Gasteiger partial charge in [0.25, 0.3) is 0 Å². The van der Waals surface area contributed by atoms with E-state index in [2.05, 4.69) is 29.7 Å². The van der Waals surface area contributed by atoms with E-state index in [0.29, 0.717) is 13.2 Å². The summed E-state index contributed by atoms with van der Waals surface area (Å²) in [4.78, 5) is 11.7. The van der Waals surface area contributed by atoms with Crippen molar-refractivity contribution < 1.29 is 9.53 Å². The van der Waals surface area contributed by atoms with Crippen LogP contribution in [0.4, 0.5) is 0 Å². The summed E-state index contributed by atoms with van der Waals surface area (Å²) < 4.78 is 5.60. The van der Waals surface area contributed by atoms with Gasteiger partial charge < -0.3 is 10.1 Å². The molecule has 0 saturated heterocycles. The smallest absolute Gasteiger partial charge is 0.241 e. The van der Waals surface area contributed by atoms with Gasteiger partial charge in [-0.1, -0.05) is 37.6 Å². The van der Waals surface area contributed by atoms with Crippen molar-refractivity contribution in [1.82, 2.24) is 10.6 Å². The van der Waals surface area contributed by atoms with Crippen molar-refractivity contribution in [3.63, 3.8) is 0 Å². The van der Waals surface area contributed by atoms with Crippen molar-refractivity contribution in [2.75, 3.05) is 19.7 Å². The Morgan fingerprint density at radius 3 is 2.85 bits per heavy atom. The molecule has 0 aromatic heterocycles. The van der Waals surface area contributed by atoms with Gasteiger partial charge in [0.1, 0.15) is 18.4 Å². The summed E-state index contributed by atoms with van der Waals surface area (Å²) in [5.74, 6) is 0.846. The summed E-state index contributed by atoms with van der Waals surface area (Å²) >= 11 is 0. The molecule has 1 aromatic carbocycles. The molecule has 2 N–H and O–H groups in total. The Balaban J connectivity index is 1.65. The molecular formula is C16H22N2O2. The van der Waals surface area contributed by atoms with Gasteiger partial charge in [-0.15, -0.1) is 0 Å². The minimum atomic E-state index is -0.191. The Kier molecular flexibility index (Phi) is 5.62. The standard InChI is InChI=1S/C16H22N2O2/c1-2-4-13-6-8-14(9-7-13)20-12-11-18-16(19)15-5-3-10-17-15/h3,5-9,15,17H,2,4,10-12H2,1H3,(H,18,19). The van der Waals surface area contributed by atoms with Crippen LogP contribution in [0.2, 0.25) is 0 Å². The highest BCUT2D eigenvalue weighted by Gasteiger charge is 2.16. The lowest BCUT2D eigenvalue weighted by Gasteiger charge is -2.11. The van der Waals surface area contributed by atoms with E-state index in [1.807, 2.05) is 24.3 Å². The second-order valence-electron chi connectivity index (χ2n) is 4.85. The number of hydrogen-bond donors (Lipinski definition) is 2. The van der Waals surface area contributed by atoms with Gasteiger partial charge in [0.15, 0.2) is 0 Å². The van der Waals surface area contributed by atoms with Crippen molar-refractivity contribution in [3.05, 3.63) is 42.0 Å². The number of rotatable bonds is 7. The molecule has 0 saturated carbocycles. The van der Waals surface area contributed by atoms with Crippen LogP contribution in [0.25, 0.3) is 0 Å². The van der Waals surface area contributed by atoms with Gasteiger partial charge in [-0.2, -0.15) is 0 Å². The number of aryl methyl sites for hydroxylation is 1. The van der Waals surface area contributed by atoms with Gasteiger partial charge in [-0.05, 0) is 24.1 Å². The van der Waals surface area contributed by atoms with Crippen LogP contribution in [0.15, 0.2) is 36.4 Å². The van der Waals surface area contributed by atoms with Crippen LogP contribution in [0.5, 0.6) is 5.75 Å². The third kappa shape index (κ3) is 4.38. The number of ether oxygens (including phenoxy) is 1. The molecule has 4 heteroatoms. The average molecular weight is 274 g/mol. The number of nitrogens with one attached hydrogen (secondary N) is 2. The second-order valence-corrected chi connectivity index (χ2v) is 4.85. The summed E-state index contributed by atoms with van der Waals surface area (Å²) in [5.41, 5.74) is 1.33. The largest absolute Gasteiger partial charge is 0.492 e. The van der Waals surface area contributed by atoms with Gasteiger partial charge in [-0.3, -0.25) is 10.1 Å². The number of carbonyl (C=O) groups excluding carboxylic acids is 1. The summed E-state index contributed by atoms with van der Waals surface area (Å²) in [6.07, 6.45) is 6.08. The first-order valence-corrected chi connectivity index (χ1v) is 7.19. The van der Waals surface area contributed by atoms with Gasteiger partial charge in [0.2, 0.25) is 5.91 Å². The third-order valence-corrected chi connectivity index (χ3v) is 3.20. The first-order valence-electron chi connectivity index (χ1n) is 7.19. The summed E-state index contributed by atoms with van der Waals surface area (Å²) in [7, 11) is 0. The lowest BCUT2D eigenvalue weighted by Crippen LogP contribution is -2.41. The molecule has 0 aliphatic carbocycles. The molecule has 4 nitrogen and oxygen atoms in total. The minimum absolute atomic E-state index is 0.000596.